The molecule has 1 rings (SSSR count). The Bertz CT molecular complexity index is 434. The van der Waals surface area contributed by atoms with E-state index in [-0.39, 0.29) is 23.5 Å². The van der Waals surface area contributed by atoms with Gasteiger partial charge in [0.1, 0.15) is 0 Å². The van der Waals surface area contributed by atoms with Gasteiger partial charge in [0, 0.05) is 5.92 Å². The van der Waals surface area contributed by atoms with Crippen molar-refractivity contribution in [3.05, 3.63) is 0 Å². The molecule has 1 amide bonds. The van der Waals surface area contributed by atoms with Crippen molar-refractivity contribution in [2.24, 2.45) is 11.8 Å². The number of thioether (sulfide) groups is 1. The van der Waals surface area contributed by atoms with Crippen molar-refractivity contribution in [3.8, 4) is 0 Å². The van der Waals surface area contributed by atoms with E-state index in [4.69, 9.17) is 5.11 Å². The Hall–Kier alpha value is -1.15. The van der Waals surface area contributed by atoms with Gasteiger partial charge in [-0.25, -0.2) is 0 Å². The number of aliphatic carboxylic acids is 1. The van der Waals surface area contributed by atoms with Gasteiger partial charge in [-0.05, 0) is 5.92 Å². The van der Waals surface area contributed by atoms with E-state index in [0.29, 0.717) is 9.47 Å². The van der Waals surface area contributed by atoms with Gasteiger partial charge < -0.3 is 10.4 Å². The zero-order valence-corrected chi connectivity index (χ0v) is 12.0. The minimum absolute atomic E-state index is 0.0645. The van der Waals surface area contributed by atoms with Crippen LogP contribution in [0, 0.1) is 11.8 Å². The maximum atomic E-state index is 11.8. The number of hydrogen-bond donors (Lipinski definition) is 2. The number of nitrogens with one attached hydrogen (secondary N) is 1. The van der Waals surface area contributed by atoms with Crippen LogP contribution in [0.2, 0.25) is 0 Å². The van der Waals surface area contributed by atoms with Crippen molar-refractivity contribution in [3.63, 3.8) is 0 Å². The van der Waals surface area contributed by atoms with Crippen LogP contribution in [-0.4, -0.2) is 32.9 Å². The summed E-state index contributed by atoms with van der Waals surface area (Å²) < 4.78 is 0.532. The summed E-state index contributed by atoms with van der Waals surface area (Å²) in [5.41, 5.74) is 0. The SMILES string of the molecule is CC(C)C(C)C(=O)Nc1nnc(SCC(=O)O)s1. The van der Waals surface area contributed by atoms with E-state index < -0.39 is 5.97 Å². The number of carbonyl (C=O) groups excluding carboxylic acids is 1. The summed E-state index contributed by atoms with van der Waals surface area (Å²) in [6, 6.07) is 0. The van der Waals surface area contributed by atoms with E-state index in [0.717, 1.165) is 11.8 Å². The summed E-state index contributed by atoms with van der Waals surface area (Å²) in [7, 11) is 0. The molecule has 1 aromatic heterocycles. The highest BCUT2D eigenvalue weighted by atomic mass is 32.2. The summed E-state index contributed by atoms with van der Waals surface area (Å²) >= 11 is 2.26. The predicted molar refractivity (Wildman–Crippen MR) is 70.9 cm³/mol. The first-order valence-corrected chi connectivity index (χ1v) is 7.19. The molecule has 0 aliphatic heterocycles. The molecule has 100 valence electrons. The second-order valence-corrected chi connectivity index (χ2v) is 6.28. The summed E-state index contributed by atoms with van der Waals surface area (Å²) in [5, 5.41) is 19.2. The molecule has 0 aromatic carbocycles. The number of carbonyl (C=O) groups is 2. The molecule has 0 saturated heterocycles. The molecular formula is C10H15N3O3S2. The van der Waals surface area contributed by atoms with Crippen LogP contribution in [0.5, 0.6) is 0 Å². The molecule has 0 aliphatic rings. The molecule has 1 atom stereocenters. The third kappa shape index (κ3) is 4.61. The summed E-state index contributed by atoms with van der Waals surface area (Å²) in [6.07, 6.45) is 0. The minimum Gasteiger partial charge on any atom is -0.481 e. The zero-order chi connectivity index (χ0) is 13.7. The zero-order valence-electron chi connectivity index (χ0n) is 10.3. The van der Waals surface area contributed by atoms with Gasteiger partial charge in [-0.1, -0.05) is 43.9 Å². The van der Waals surface area contributed by atoms with Gasteiger partial charge in [0.15, 0.2) is 4.34 Å². The quantitative estimate of drug-likeness (QED) is 0.614. The van der Waals surface area contributed by atoms with E-state index in [2.05, 4.69) is 15.5 Å². The monoisotopic (exact) mass is 289 g/mol. The lowest BCUT2D eigenvalue weighted by Crippen LogP contribution is -2.24. The van der Waals surface area contributed by atoms with Crippen LogP contribution in [0.1, 0.15) is 20.8 Å². The number of hydrogen-bond acceptors (Lipinski definition) is 6. The van der Waals surface area contributed by atoms with Crippen LogP contribution in [0.25, 0.3) is 0 Å². The number of carboxylic acid groups (broad SMARTS) is 1. The largest absolute Gasteiger partial charge is 0.481 e. The van der Waals surface area contributed by atoms with Crippen LogP contribution in [0.3, 0.4) is 0 Å². The molecule has 6 nitrogen and oxygen atoms in total. The highest BCUT2D eigenvalue weighted by Gasteiger charge is 2.18. The van der Waals surface area contributed by atoms with Crippen molar-refractivity contribution in [2.75, 3.05) is 11.1 Å². The predicted octanol–water partition coefficient (Wildman–Crippen LogP) is 1.95. The van der Waals surface area contributed by atoms with E-state index in [1.165, 1.54) is 11.3 Å². The molecular weight excluding hydrogens is 274 g/mol. The lowest BCUT2D eigenvalue weighted by atomic mass is 9.97. The summed E-state index contributed by atoms with van der Waals surface area (Å²) in [6.45, 7) is 5.79. The molecule has 0 saturated carbocycles. The number of amides is 1. The van der Waals surface area contributed by atoms with Crippen molar-refractivity contribution >= 4 is 40.1 Å². The minimum atomic E-state index is -0.908. The highest BCUT2D eigenvalue weighted by molar-refractivity contribution is 8.01. The molecule has 18 heavy (non-hydrogen) atoms. The van der Waals surface area contributed by atoms with Crippen LogP contribution in [0.4, 0.5) is 5.13 Å². The first kappa shape index (κ1) is 14.9. The molecule has 0 radical (unpaired) electrons. The van der Waals surface area contributed by atoms with Crippen molar-refractivity contribution in [2.45, 2.75) is 25.1 Å². The fraction of sp³-hybridized carbons (Fsp3) is 0.600. The van der Waals surface area contributed by atoms with Gasteiger partial charge in [0.05, 0.1) is 5.75 Å². The van der Waals surface area contributed by atoms with Gasteiger partial charge in [-0.2, -0.15) is 0 Å². The van der Waals surface area contributed by atoms with Gasteiger partial charge in [-0.15, -0.1) is 10.2 Å². The molecule has 8 heteroatoms. The fourth-order valence-electron chi connectivity index (χ4n) is 0.964. The Morgan fingerprint density at radius 3 is 2.61 bits per heavy atom. The Morgan fingerprint density at radius 1 is 1.39 bits per heavy atom. The molecule has 1 unspecified atom stereocenters. The normalized spacial score (nSPS) is 12.4. The molecule has 2 N–H and O–H groups in total. The number of aromatic nitrogens is 2. The molecule has 1 heterocycles. The van der Waals surface area contributed by atoms with E-state index >= 15 is 0 Å². The lowest BCUT2D eigenvalue weighted by molar-refractivity contribution is -0.133. The number of rotatable bonds is 6. The average Bonchev–Trinajstić information content (AvgIpc) is 2.72. The topological polar surface area (TPSA) is 92.2 Å². The summed E-state index contributed by atoms with van der Waals surface area (Å²) in [4.78, 5) is 22.1. The first-order valence-electron chi connectivity index (χ1n) is 5.39. The Balaban J connectivity index is 2.53. The molecule has 0 spiro atoms. The van der Waals surface area contributed by atoms with Gasteiger partial charge in [0.25, 0.3) is 0 Å². The van der Waals surface area contributed by atoms with E-state index in [1.807, 2.05) is 20.8 Å². The number of carboxylic acids is 1. The fourth-order valence-corrected chi connectivity index (χ4v) is 2.44. The Morgan fingerprint density at radius 2 is 2.06 bits per heavy atom. The Labute approximate surface area is 113 Å². The van der Waals surface area contributed by atoms with E-state index in [1.54, 1.807) is 0 Å². The third-order valence-corrected chi connectivity index (χ3v) is 4.33. The second-order valence-electron chi connectivity index (χ2n) is 4.08. The van der Waals surface area contributed by atoms with Crippen molar-refractivity contribution < 1.29 is 14.7 Å². The van der Waals surface area contributed by atoms with Crippen molar-refractivity contribution in [1.82, 2.24) is 10.2 Å². The van der Waals surface area contributed by atoms with E-state index in [9.17, 15) is 9.59 Å². The molecule has 0 aliphatic carbocycles. The standard InChI is InChI=1S/C10H15N3O3S2/c1-5(2)6(3)8(16)11-9-12-13-10(18-9)17-4-7(14)15/h5-6H,4H2,1-3H3,(H,14,15)(H,11,12,16). The van der Waals surface area contributed by atoms with Gasteiger partial charge in [0.2, 0.25) is 11.0 Å². The van der Waals surface area contributed by atoms with Crippen LogP contribution in [-0.2, 0) is 9.59 Å². The summed E-state index contributed by atoms with van der Waals surface area (Å²) in [5.74, 6) is -0.932. The second kappa shape index (κ2) is 6.69. The van der Waals surface area contributed by atoms with Gasteiger partial charge in [-0.3, -0.25) is 9.59 Å². The van der Waals surface area contributed by atoms with Gasteiger partial charge >= 0.3 is 5.97 Å². The average molecular weight is 289 g/mol. The highest BCUT2D eigenvalue weighted by Crippen LogP contribution is 2.25. The maximum Gasteiger partial charge on any atom is 0.313 e. The molecule has 0 bridgehead atoms. The molecule has 0 fully saturated rings. The maximum absolute atomic E-state index is 11.8. The lowest BCUT2D eigenvalue weighted by Gasteiger charge is -2.13. The molecule has 1 aromatic rings. The Kier molecular flexibility index (Phi) is 5.54. The van der Waals surface area contributed by atoms with Crippen LogP contribution >= 0.6 is 23.1 Å². The van der Waals surface area contributed by atoms with Crippen molar-refractivity contribution in [1.29, 1.82) is 0 Å². The smallest absolute Gasteiger partial charge is 0.313 e. The third-order valence-electron chi connectivity index (χ3n) is 2.37. The number of anilines is 1. The van der Waals surface area contributed by atoms with Crippen LogP contribution in [0.15, 0.2) is 4.34 Å². The van der Waals surface area contributed by atoms with Crippen LogP contribution < -0.4 is 5.32 Å². The first-order chi connectivity index (χ1) is 8.40. The number of nitrogens with zero attached hydrogens (tertiary/aromatic N) is 2.